The SMILES string of the molecule is CO[C@@H]1[C@@H](n2cc(-c3ccc(F)c(F)c3F)nn2)[C@@H](O)[C@@H](CO)O[C@@H]1Cc1cc(C2CCCCC2)on1. The van der Waals surface area contributed by atoms with E-state index in [0.29, 0.717) is 11.6 Å². The third kappa shape index (κ3) is 5.02. The molecular weight excluding hydrogens is 493 g/mol. The Labute approximate surface area is 211 Å². The molecule has 0 unspecified atom stereocenters. The van der Waals surface area contributed by atoms with Crippen molar-refractivity contribution in [1.29, 1.82) is 0 Å². The minimum atomic E-state index is -1.62. The molecule has 2 fully saturated rings. The van der Waals surface area contributed by atoms with E-state index in [2.05, 4.69) is 15.5 Å². The molecule has 3 aromatic rings. The lowest BCUT2D eigenvalue weighted by atomic mass is 9.87. The highest BCUT2D eigenvalue weighted by atomic mass is 19.2. The predicted octanol–water partition coefficient (Wildman–Crippen LogP) is 3.32. The summed E-state index contributed by atoms with van der Waals surface area (Å²) < 4.78 is 60.1. The van der Waals surface area contributed by atoms with Crippen LogP contribution in [0, 0.1) is 17.5 Å². The summed E-state index contributed by atoms with van der Waals surface area (Å²) in [6.07, 6.45) is 3.61. The summed E-state index contributed by atoms with van der Waals surface area (Å²) in [6.45, 7) is -0.476. The average Bonchev–Trinajstić information content (AvgIpc) is 3.58. The molecule has 0 spiro atoms. The molecule has 1 saturated carbocycles. The van der Waals surface area contributed by atoms with Crippen molar-refractivity contribution in [3.8, 4) is 11.3 Å². The standard InChI is InChI=1S/C25H29F3N4O5/c1-35-25-19(10-14-9-18(37-30-14)13-5-3-2-4-6-13)36-20(12-33)24(34)23(25)32-11-17(29-31-32)15-7-8-16(26)22(28)21(15)27/h7-9,11,13,19-20,23-25,33-34H,2-6,10,12H2,1H3/t19-,20-,23+,24+,25+/m1/s1. The summed E-state index contributed by atoms with van der Waals surface area (Å²) in [5.41, 5.74) is 0.312. The average molecular weight is 523 g/mol. The summed E-state index contributed by atoms with van der Waals surface area (Å²) in [5.74, 6) is -3.15. The smallest absolute Gasteiger partial charge is 0.195 e. The van der Waals surface area contributed by atoms with Crippen LogP contribution in [-0.4, -0.2) is 68.5 Å². The molecule has 1 saturated heterocycles. The third-order valence-electron chi connectivity index (χ3n) is 7.36. The Bertz CT molecular complexity index is 1210. The first-order valence-corrected chi connectivity index (χ1v) is 12.4. The molecule has 1 aliphatic carbocycles. The fraction of sp³-hybridized carbons (Fsp3) is 0.560. The maximum Gasteiger partial charge on any atom is 0.195 e. The second-order valence-corrected chi connectivity index (χ2v) is 9.64. The number of aliphatic hydroxyl groups is 2. The summed E-state index contributed by atoms with van der Waals surface area (Å²) in [6, 6.07) is 2.88. The lowest BCUT2D eigenvalue weighted by molar-refractivity contribution is -0.212. The third-order valence-corrected chi connectivity index (χ3v) is 7.36. The highest BCUT2D eigenvalue weighted by Gasteiger charge is 2.47. The van der Waals surface area contributed by atoms with Gasteiger partial charge in [0.15, 0.2) is 17.5 Å². The van der Waals surface area contributed by atoms with Gasteiger partial charge in [0.05, 0.1) is 24.6 Å². The topological polar surface area (TPSA) is 116 Å². The van der Waals surface area contributed by atoms with Gasteiger partial charge in [0.2, 0.25) is 0 Å². The van der Waals surface area contributed by atoms with Gasteiger partial charge in [0, 0.05) is 31.1 Å². The van der Waals surface area contributed by atoms with E-state index in [0.717, 1.165) is 43.6 Å². The van der Waals surface area contributed by atoms with Gasteiger partial charge in [-0.3, -0.25) is 0 Å². The van der Waals surface area contributed by atoms with Crippen LogP contribution in [0.4, 0.5) is 13.2 Å². The molecule has 2 N–H and O–H groups in total. The van der Waals surface area contributed by atoms with Gasteiger partial charge in [-0.15, -0.1) is 5.10 Å². The van der Waals surface area contributed by atoms with Gasteiger partial charge >= 0.3 is 0 Å². The van der Waals surface area contributed by atoms with Gasteiger partial charge in [0.1, 0.15) is 35.8 Å². The first kappa shape index (κ1) is 25.8. The second-order valence-electron chi connectivity index (χ2n) is 9.64. The molecule has 0 bridgehead atoms. The number of halogens is 3. The second kappa shape index (κ2) is 10.9. The van der Waals surface area contributed by atoms with Crippen LogP contribution in [0.5, 0.6) is 0 Å². The van der Waals surface area contributed by atoms with Gasteiger partial charge in [-0.2, -0.15) is 0 Å². The van der Waals surface area contributed by atoms with E-state index in [1.807, 2.05) is 6.07 Å². The fourth-order valence-electron chi connectivity index (χ4n) is 5.41. The molecule has 9 nitrogen and oxygen atoms in total. The highest BCUT2D eigenvalue weighted by Crippen LogP contribution is 2.36. The molecule has 1 aromatic carbocycles. The van der Waals surface area contributed by atoms with E-state index < -0.39 is 54.5 Å². The van der Waals surface area contributed by atoms with E-state index >= 15 is 0 Å². The molecule has 37 heavy (non-hydrogen) atoms. The quantitative estimate of drug-likeness (QED) is 0.454. The normalized spacial score (nSPS) is 27.0. The van der Waals surface area contributed by atoms with Crippen molar-refractivity contribution < 1.29 is 37.4 Å². The summed E-state index contributed by atoms with van der Waals surface area (Å²) in [5, 5.41) is 33.0. The lowest BCUT2D eigenvalue weighted by Crippen LogP contribution is -2.57. The van der Waals surface area contributed by atoms with Gasteiger partial charge in [0.25, 0.3) is 0 Å². The van der Waals surface area contributed by atoms with Gasteiger partial charge in [-0.05, 0) is 25.0 Å². The Hall–Kier alpha value is -2.80. The van der Waals surface area contributed by atoms with Gasteiger partial charge in [-0.25, -0.2) is 17.9 Å². The van der Waals surface area contributed by atoms with E-state index in [9.17, 15) is 23.4 Å². The maximum atomic E-state index is 14.3. The van der Waals surface area contributed by atoms with Crippen LogP contribution in [0.1, 0.15) is 55.5 Å². The van der Waals surface area contributed by atoms with Crippen molar-refractivity contribution in [3.05, 3.63) is 53.3 Å². The Morgan fingerprint density at radius 1 is 1.11 bits per heavy atom. The number of hydrogen-bond acceptors (Lipinski definition) is 8. The number of ether oxygens (including phenoxy) is 2. The molecular formula is C25H29F3N4O5. The Morgan fingerprint density at radius 3 is 2.62 bits per heavy atom. The molecule has 1 aliphatic heterocycles. The van der Waals surface area contributed by atoms with Crippen LogP contribution in [0.2, 0.25) is 0 Å². The van der Waals surface area contributed by atoms with Crippen LogP contribution in [0.25, 0.3) is 11.3 Å². The number of benzene rings is 1. The van der Waals surface area contributed by atoms with Crippen LogP contribution in [0.3, 0.4) is 0 Å². The number of methoxy groups -OCH3 is 1. The molecule has 200 valence electrons. The number of nitrogens with zero attached hydrogens (tertiary/aromatic N) is 4. The molecule has 0 radical (unpaired) electrons. The maximum absolute atomic E-state index is 14.3. The first-order chi connectivity index (χ1) is 17.9. The highest BCUT2D eigenvalue weighted by molar-refractivity contribution is 5.58. The molecule has 3 heterocycles. The molecule has 0 amide bonds. The number of aromatic nitrogens is 4. The predicted molar refractivity (Wildman–Crippen MR) is 123 cm³/mol. The summed E-state index contributed by atoms with van der Waals surface area (Å²) >= 11 is 0. The Kier molecular flexibility index (Phi) is 7.61. The zero-order chi connectivity index (χ0) is 26.1. The van der Waals surface area contributed by atoms with Crippen molar-refractivity contribution in [2.45, 2.75) is 74.9 Å². The van der Waals surface area contributed by atoms with E-state index in [4.69, 9.17) is 14.0 Å². The largest absolute Gasteiger partial charge is 0.394 e. The fourth-order valence-corrected chi connectivity index (χ4v) is 5.41. The minimum Gasteiger partial charge on any atom is -0.394 e. The Morgan fingerprint density at radius 2 is 1.89 bits per heavy atom. The van der Waals surface area contributed by atoms with E-state index in [-0.39, 0.29) is 17.7 Å². The lowest BCUT2D eigenvalue weighted by Gasteiger charge is -2.43. The molecule has 2 aromatic heterocycles. The number of hydrogen-bond donors (Lipinski definition) is 2. The molecule has 5 atom stereocenters. The van der Waals surface area contributed by atoms with Crippen LogP contribution >= 0.6 is 0 Å². The minimum absolute atomic E-state index is 0.0596. The number of aliphatic hydroxyl groups excluding tert-OH is 2. The zero-order valence-electron chi connectivity index (χ0n) is 20.3. The van der Waals surface area contributed by atoms with Crippen LogP contribution < -0.4 is 0 Å². The van der Waals surface area contributed by atoms with Gasteiger partial charge < -0.3 is 24.2 Å². The summed E-state index contributed by atoms with van der Waals surface area (Å²) in [4.78, 5) is 0. The van der Waals surface area contributed by atoms with Crippen molar-refractivity contribution in [3.63, 3.8) is 0 Å². The monoisotopic (exact) mass is 522 g/mol. The van der Waals surface area contributed by atoms with E-state index in [1.54, 1.807) is 0 Å². The van der Waals surface area contributed by atoms with Crippen molar-refractivity contribution in [1.82, 2.24) is 20.2 Å². The number of rotatable bonds is 7. The van der Waals surface area contributed by atoms with Crippen molar-refractivity contribution >= 4 is 0 Å². The Balaban J connectivity index is 1.41. The van der Waals surface area contributed by atoms with Crippen molar-refractivity contribution in [2.24, 2.45) is 0 Å². The first-order valence-electron chi connectivity index (χ1n) is 12.4. The van der Waals surface area contributed by atoms with E-state index in [1.165, 1.54) is 24.4 Å². The van der Waals surface area contributed by atoms with Crippen LogP contribution in [-0.2, 0) is 15.9 Å². The summed E-state index contributed by atoms with van der Waals surface area (Å²) in [7, 11) is 1.45. The van der Waals surface area contributed by atoms with Gasteiger partial charge in [-0.1, -0.05) is 29.6 Å². The molecule has 12 heteroatoms. The zero-order valence-corrected chi connectivity index (χ0v) is 20.3. The van der Waals surface area contributed by atoms with Crippen LogP contribution in [0.15, 0.2) is 28.9 Å². The molecule has 2 aliphatic rings. The van der Waals surface area contributed by atoms with Crippen molar-refractivity contribution in [2.75, 3.05) is 13.7 Å². The molecule has 5 rings (SSSR count).